The number of hydrogen-bond acceptors (Lipinski definition) is 4. The van der Waals surface area contributed by atoms with E-state index < -0.39 is 7.12 Å². The summed E-state index contributed by atoms with van der Waals surface area (Å²) in [6, 6.07) is 1.95. The number of nitrogens with one attached hydrogen (secondary N) is 2. The van der Waals surface area contributed by atoms with E-state index in [0.29, 0.717) is 24.8 Å². The zero-order chi connectivity index (χ0) is 18.3. The van der Waals surface area contributed by atoms with Crippen LogP contribution in [0.2, 0.25) is 0 Å². The van der Waals surface area contributed by atoms with E-state index in [-0.39, 0.29) is 11.9 Å². The maximum Gasteiger partial charge on any atom is 0.552 e. The van der Waals surface area contributed by atoms with Gasteiger partial charge in [0.25, 0.3) is 0 Å². The molecule has 4 rings (SSSR count). The molecule has 2 amide bonds. The molecule has 0 saturated carbocycles. The fraction of sp³-hybridized carbons (Fsp3) is 0.444. The lowest BCUT2D eigenvalue weighted by Crippen LogP contribution is -2.48. The number of pyridine rings is 1. The highest BCUT2D eigenvalue weighted by Gasteiger charge is 2.36. The molecule has 4 heterocycles. The fourth-order valence-electron chi connectivity index (χ4n) is 4.01. The van der Waals surface area contributed by atoms with Crippen molar-refractivity contribution in [3.63, 3.8) is 0 Å². The zero-order valence-electron chi connectivity index (χ0n) is 15.0. The molecule has 26 heavy (non-hydrogen) atoms. The highest BCUT2D eigenvalue weighted by atomic mass is 16.5. The number of aromatic nitrogens is 2. The first-order chi connectivity index (χ1) is 12.6. The predicted octanol–water partition coefficient (Wildman–Crippen LogP) is 2.05. The smallest absolute Gasteiger partial charge is 0.531 e. The second-order valence-corrected chi connectivity index (χ2v) is 7.02. The molecule has 1 unspecified atom stereocenters. The van der Waals surface area contributed by atoms with Gasteiger partial charge >= 0.3 is 13.1 Å². The van der Waals surface area contributed by atoms with Crippen molar-refractivity contribution in [2.45, 2.75) is 20.3 Å². The van der Waals surface area contributed by atoms with E-state index in [9.17, 15) is 9.82 Å². The van der Waals surface area contributed by atoms with Gasteiger partial charge in [-0.3, -0.25) is 0 Å². The highest BCUT2D eigenvalue weighted by Crippen LogP contribution is 2.43. The van der Waals surface area contributed by atoms with Crippen LogP contribution < -0.4 is 9.97 Å². The Morgan fingerprint density at radius 3 is 3.23 bits per heavy atom. The first kappa shape index (κ1) is 17.0. The number of rotatable bonds is 2. The van der Waals surface area contributed by atoms with Crippen LogP contribution in [0.25, 0.3) is 16.6 Å². The van der Waals surface area contributed by atoms with Crippen molar-refractivity contribution in [2.24, 2.45) is 11.8 Å². The Kier molecular flexibility index (Phi) is 4.36. The standard InChI is InChI=1S/C18H23BN4O3/c1-3-20-18(24)23-7-5-11(2)14(10-23)13-8-19(25)26-15-9-22-17-12(16(13)15)4-6-21-17/h4,6,8-9,11,14,25H,3,5,7,10H2,1-2H3,(H,20,24)(H,21,22)/t11-,14?/m1/s1. The Hall–Kier alpha value is -2.48. The maximum atomic E-state index is 12.3. The van der Waals surface area contributed by atoms with E-state index in [1.165, 1.54) is 0 Å². The molecule has 0 aromatic carbocycles. The minimum Gasteiger partial charge on any atom is -0.531 e. The molecular weight excluding hydrogens is 331 g/mol. The summed E-state index contributed by atoms with van der Waals surface area (Å²) in [5, 5.41) is 14.1. The second-order valence-electron chi connectivity index (χ2n) is 7.02. The second kappa shape index (κ2) is 6.68. The average molecular weight is 354 g/mol. The first-order valence-corrected chi connectivity index (χ1v) is 9.14. The number of hydrogen-bond donors (Lipinski definition) is 3. The molecule has 1 fully saturated rings. The Labute approximate surface area is 152 Å². The van der Waals surface area contributed by atoms with Gasteiger partial charge in [0.05, 0.1) is 6.20 Å². The zero-order valence-corrected chi connectivity index (χ0v) is 15.0. The van der Waals surface area contributed by atoms with E-state index in [4.69, 9.17) is 4.65 Å². The van der Waals surface area contributed by atoms with E-state index in [1.807, 2.05) is 24.1 Å². The number of likely N-dealkylation sites (tertiary alicyclic amines) is 1. The molecule has 2 atom stereocenters. The lowest BCUT2D eigenvalue weighted by Gasteiger charge is -2.39. The maximum absolute atomic E-state index is 12.3. The molecule has 0 spiro atoms. The number of fused-ring (bicyclic) bond motifs is 3. The Morgan fingerprint density at radius 2 is 2.42 bits per heavy atom. The SMILES string of the molecule is CCNC(=O)N1CC[C@@H](C)C(C2=CB(O)Oc3cnc4[nH]ccc4c32)C1. The third kappa shape index (κ3) is 2.84. The van der Waals surface area contributed by atoms with Gasteiger partial charge in [-0.05, 0) is 36.9 Å². The molecule has 0 aliphatic carbocycles. The Bertz CT molecular complexity index is 865. The van der Waals surface area contributed by atoms with E-state index >= 15 is 0 Å². The van der Waals surface area contributed by atoms with Crippen molar-refractivity contribution >= 4 is 29.8 Å². The van der Waals surface area contributed by atoms with E-state index in [0.717, 1.165) is 35.1 Å². The average Bonchev–Trinajstić information content (AvgIpc) is 3.10. The van der Waals surface area contributed by atoms with Gasteiger partial charge in [0.1, 0.15) is 11.4 Å². The molecule has 0 bridgehead atoms. The van der Waals surface area contributed by atoms with Gasteiger partial charge in [-0.2, -0.15) is 0 Å². The Balaban J connectivity index is 1.74. The number of aromatic amines is 1. The molecule has 2 aliphatic rings. The molecular formula is C18H23BN4O3. The van der Waals surface area contributed by atoms with Gasteiger partial charge in [0.15, 0.2) is 0 Å². The summed E-state index contributed by atoms with van der Waals surface area (Å²) in [5.74, 6) is 2.89. The van der Waals surface area contributed by atoms with Gasteiger partial charge in [0.2, 0.25) is 0 Å². The van der Waals surface area contributed by atoms with Crippen LogP contribution in [-0.2, 0) is 0 Å². The summed E-state index contributed by atoms with van der Waals surface area (Å²) in [7, 11) is -0.997. The third-order valence-corrected chi connectivity index (χ3v) is 5.38. The molecule has 136 valence electrons. The summed E-state index contributed by atoms with van der Waals surface area (Å²) >= 11 is 0. The van der Waals surface area contributed by atoms with Crippen LogP contribution in [0.5, 0.6) is 5.75 Å². The van der Waals surface area contributed by atoms with Crippen LogP contribution in [0, 0.1) is 11.8 Å². The molecule has 3 N–H and O–H groups in total. The van der Waals surface area contributed by atoms with E-state index in [2.05, 4.69) is 22.2 Å². The number of carbonyl (C=O) groups excluding carboxylic acids is 1. The van der Waals surface area contributed by atoms with Crippen molar-refractivity contribution in [2.75, 3.05) is 19.6 Å². The number of H-pyrrole nitrogens is 1. The highest BCUT2D eigenvalue weighted by molar-refractivity contribution is 6.52. The topological polar surface area (TPSA) is 90.5 Å². The van der Waals surface area contributed by atoms with Crippen LogP contribution in [0.1, 0.15) is 25.8 Å². The fourth-order valence-corrected chi connectivity index (χ4v) is 4.01. The minimum atomic E-state index is -0.997. The van der Waals surface area contributed by atoms with Gasteiger partial charge in [0, 0.05) is 42.7 Å². The van der Waals surface area contributed by atoms with Gasteiger partial charge < -0.3 is 24.9 Å². The van der Waals surface area contributed by atoms with Crippen molar-refractivity contribution in [1.29, 1.82) is 0 Å². The van der Waals surface area contributed by atoms with Crippen molar-refractivity contribution in [1.82, 2.24) is 20.2 Å². The summed E-state index contributed by atoms with van der Waals surface area (Å²) in [6.45, 7) is 6.11. The van der Waals surface area contributed by atoms with Gasteiger partial charge in [-0.15, -0.1) is 0 Å². The predicted molar refractivity (Wildman–Crippen MR) is 101 cm³/mol. The van der Waals surface area contributed by atoms with Crippen molar-refractivity contribution in [3.8, 4) is 5.75 Å². The van der Waals surface area contributed by atoms with Gasteiger partial charge in [-0.25, -0.2) is 9.78 Å². The Morgan fingerprint density at radius 1 is 1.58 bits per heavy atom. The van der Waals surface area contributed by atoms with Crippen LogP contribution in [-0.4, -0.2) is 52.7 Å². The number of urea groups is 1. The minimum absolute atomic E-state index is 0.0284. The molecule has 8 heteroatoms. The third-order valence-electron chi connectivity index (χ3n) is 5.38. The summed E-state index contributed by atoms with van der Waals surface area (Å²) in [4.78, 5) is 21.7. The molecule has 0 radical (unpaired) electrons. The molecule has 1 saturated heterocycles. The molecule has 7 nitrogen and oxygen atoms in total. The summed E-state index contributed by atoms with van der Waals surface area (Å²) < 4.78 is 5.59. The number of amides is 2. The molecule has 2 aromatic rings. The molecule has 2 aromatic heterocycles. The van der Waals surface area contributed by atoms with Crippen LogP contribution >= 0.6 is 0 Å². The lowest BCUT2D eigenvalue weighted by molar-refractivity contribution is 0.157. The monoisotopic (exact) mass is 354 g/mol. The quantitative estimate of drug-likeness (QED) is 0.720. The molecule has 2 aliphatic heterocycles. The van der Waals surface area contributed by atoms with Crippen molar-refractivity contribution in [3.05, 3.63) is 30.0 Å². The van der Waals surface area contributed by atoms with Crippen LogP contribution in [0.4, 0.5) is 4.79 Å². The lowest BCUT2D eigenvalue weighted by atomic mass is 9.72. The van der Waals surface area contributed by atoms with Crippen LogP contribution in [0.15, 0.2) is 24.4 Å². The number of carbonyl (C=O) groups is 1. The largest absolute Gasteiger partial charge is 0.552 e. The van der Waals surface area contributed by atoms with Crippen molar-refractivity contribution < 1.29 is 14.5 Å². The number of nitrogens with zero attached hydrogens (tertiary/aromatic N) is 2. The number of piperidine rings is 1. The van der Waals surface area contributed by atoms with E-state index in [1.54, 1.807) is 12.2 Å². The summed E-state index contributed by atoms with van der Waals surface area (Å²) in [5.41, 5.74) is 2.79. The van der Waals surface area contributed by atoms with Gasteiger partial charge in [-0.1, -0.05) is 6.92 Å². The normalized spacial score (nSPS) is 22.7. The summed E-state index contributed by atoms with van der Waals surface area (Å²) in [6.07, 6.45) is 4.43. The van der Waals surface area contributed by atoms with Crippen LogP contribution in [0.3, 0.4) is 0 Å². The first-order valence-electron chi connectivity index (χ1n) is 9.14.